The Balaban J connectivity index is 2.21. The molecule has 1 heterocycles. The molecule has 7 heteroatoms. The van der Waals surface area contributed by atoms with Crippen molar-refractivity contribution in [1.29, 1.82) is 0 Å². The van der Waals surface area contributed by atoms with Crippen LogP contribution in [0.5, 0.6) is 5.75 Å². The van der Waals surface area contributed by atoms with Gasteiger partial charge in [0.05, 0.1) is 12.1 Å². The SMILES string of the molecule is COc1ccc(NC(=O)c2cc(C)nc(NN)c2)cc1Cl. The number of aromatic nitrogens is 1. The van der Waals surface area contributed by atoms with Crippen molar-refractivity contribution in [2.75, 3.05) is 17.9 Å². The summed E-state index contributed by atoms with van der Waals surface area (Å²) in [4.78, 5) is 16.3. The van der Waals surface area contributed by atoms with Crippen LogP contribution in [0.15, 0.2) is 30.3 Å². The average molecular weight is 307 g/mol. The summed E-state index contributed by atoms with van der Waals surface area (Å²) in [5.74, 6) is 6.01. The minimum atomic E-state index is -0.279. The van der Waals surface area contributed by atoms with E-state index < -0.39 is 0 Å². The number of carbonyl (C=O) groups is 1. The Hall–Kier alpha value is -2.31. The molecule has 0 unspecified atom stereocenters. The molecule has 0 aliphatic rings. The minimum absolute atomic E-state index is 0.279. The van der Waals surface area contributed by atoms with Gasteiger partial charge in [0.1, 0.15) is 11.6 Å². The summed E-state index contributed by atoms with van der Waals surface area (Å²) >= 11 is 6.02. The van der Waals surface area contributed by atoms with Crippen LogP contribution in [0.1, 0.15) is 16.1 Å². The van der Waals surface area contributed by atoms with Crippen molar-refractivity contribution in [2.24, 2.45) is 5.84 Å². The van der Waals surface area contributed by atoms with E-state index in [1.165, 1.54) is 7.11 Å². The maximum atomic E-state index is 12.2. The maximum absolute atomic E-state index is 12.2. The van der Waals surface area contributed by atoms with Gasteiger partial charge in [-0.25, -0.2) is 10.8 Å². The highest BCUT2D eigenvalue weighted by molar-refractivity contribution is 6.32. The number of nitrogens with zero attached hydrogens (tertiary/aromatic N) is 1. The summed E-state index contributed by atoms with van der Waals surface area (Å²) in [6.45, 7) is 1.78. The fraction of sp³-hybridized carbons (Fsp3) is 0.143. The predicted octanol–water partition coefficient (Wildman–Crippen LogP) is 2.59. The normalized spacial score (nSPS) is 10.1. The number of nitrogens with one attached hydrogen (secondary N) is 2. The Labute approximate surface area is 127 Å². The average Bonchev–Trinajstić information content (AvgIpc) is 2.46. The zero-order chi connectivity index (χ0) is 15.4. The lowest BCUT2D eigenvalue weighted by atomic mass is 10.2. The van der Waals surface area contributed by atoms with Crippen molar-refractivity contribution >= 4 is 29.0 Å². The molecule has 2 rings (SSSR count). The van der Waals surface area contributed by atoms with Gasteiger partial charge < -0.3 is 15.5 Å². The van der Waals surface area contributed by atoms with Gasteiger partial charge in [0.2, 0.25) is 0 Å². The van der Waals surface area contributed by atoms with Gasteiger partial charge in [0.25, 0.3) is 5.91 Å². The molecular weight excluding hydrogens is 292 g/mol. The molecule has 0 aliphatic carbocycles. The summed E-state index contributed by atoms with van der Waals surface area (Å²) in [7, 11) is 1.53. The van der Waals surface area contributed by atoms with Crippen molar-refractivity contribution in [3.05, 3.63) is 46.6 Å². The Morgan fingerprint density at radius 3 is 2.71 bits per heavy atom. The number of pyridine rings is 1. The largest absolute Gasteiger partial charge is 0.495 e. The lowest BCUT2D eigenvalue weighted by molar-refractivity contribution is 0.102. The first-order valence-electron chi connectivity index (χ1n) is 6.13. The fourth-order valence-electron chi connectivity index (χ4n) is 1.82. The fourth-order valence-corrected chi connectivity index (χ4v) is 2.08. The van der Waals surface area contributed by atoms with Crippen LogP contribution in [0.25, 0.3) is 0 Å². The zero-order valence-corrected chi connectivity index (χ0v) is 12.4. The molecule has 0 saturated heterocycles. The van der Waals surface area contributed by atoms with E-state index in [-0.39, 0.29) is 5.91 Å². The highest BCUT2D eigenvalue weighted by atomic mass is 35.5. The van der Waals surface area contributed by atoms with E-state index in [1.807, 2.05) is 0 Å². The Kier molecular flexibility index (Phi) is 4.62. The van der Waals surface area contributed by atoms with Crippen LogP contribution in [0.3, 0.4) is 0 Å². The molecule has 0 spiro atoms. The second kappa shape index (κ2) is 6.43. The van der Waals surface area contributed by atoms with Crippen LogP contribution in [0.4, 0.5) is 11.5 Å². The molecule has 0 saturated carbocycles. The smallest absolute Gasteiger partial charge is 0.255 e. The van der Waals surface area contributed by atoms with Crippen LogP contribution in [-0.4, -0.2) is 18.0 Å². The molecule has 0 bridgehead atoms. The van der Waals surface area contributed by atoms with Gasteiger partial charge in [-0.05, 0) is 37.3 Å². The number of nitrogen functional groups attached to an aromatic ring is 1. The van der Waals surface area contributed by atoms with Gasteiger partial charge in [0, 0.05) is 16.9 Å². The molecule has 4 N–H and O–H groups in total. The van der Waals surface area contributed by atoms with Crippen LogP contribution in [0, 0.1) is 6.92 Å². The van der Waals surface area contributed by atoms with E-state index in [2.05, 4.69) is 15.7 Å². The summed E-state index contributed by atoms with van der Waals surface area (Å²) in [6.07, 6.45) is 0. The molecule has 1 amide bonds. The monoisotopic (exact) mass is 306 g/mol. The second-order valence-electron chi connectivity index (χ2n) is 4.33. The van der Waals surface area contributed by atoms with E-state index in [1.54, 1.807) is 37.3 Å². The van der Waals surface area contributed by atoms with Crippen LogP contribution < -0.4 is 21.3 Å². The first kappa shape index (κ1) is 15.1. The second-order valence-corrected chi connectivity index (χ2v) is 4.74. The molecule has 1 aromatic carbocycles. The first-order chi connectivity index (χ1) is 10.0. The number of halogens is 1. The number of benzene rings is 1. The molecule has 0 radical (unpaired) electrons. The summed E-state index contributed by atoms with van der Waals surface area (Å²) in [5.41, 5.74) is 4.12. The standard InChI is InChI=1S/C14H15ClN4O2/c1-8-5-9(6-13(17-8)19-16)14(20)18-10-3-4-12(21-2)11(15)7-10/h3-7H,16H2,1-2H3,(H,17,19)(H,18,20). The summed E-state index contributed by atoms with van der Waals surface area (Å²) in [6, 6.07) is 8.24. The van der Waals surface area contributed by atoms with E-state index in [4.69, 9.17) is 22.2 Å². The Morgan fingerprint density at radius 2 is 2.10 bits per heavy atom. The number of aryl methyl sites for hydroxylation is 1. The van der Waals surface area contributed by atoms with Gasteiger partial charge in [-0.1, -0.05) is 11.6 Å². The molecule has 2 aromatic rings. The van der Waals surface area contributed by atoms with Gasteiger partial charge in [-0.3, -0.25) is 4.79 Å². The van der Waals surface area contributed by atoms with E-state index in [9.17, 15) is 4.79 Å². The number of rotatable bonds is 4. The molecule has 21 heavy (non-hydrogen) atoms. The third-order valence-corrected chi connectivity index (χ3v) is 3.07. The molecular formula is C14H15ClN4O2. The number of nitrogens with two attached hydrogens (primary N) is 1. The minimum Gasteiger partial charge on any atom is -0.495 e. The molecule has 110 valence electrons. The third kappa shape index (κ3) is 3.62. The van der Waals surface area contributed by atoms with Gasteiger partial charge in [-0.2, -0.15) is 0 Å². The van der Waals surface area contributed by atoms with E-state index in [0.717, 1.165) is 0 Å². The third-order valence-electron chi connectivity index (χ3n) is 2.77. The quantitative estimate of drug-likeness (QED) is 0.597. The number of hydrogen-bond donors (Lipinski definition) is 3. The maximum Gasteiger partial charge on any atom is 0.255 e. The lowest BCUT2D eigenvalue weighted by Gasteiger charge is -2.09. The van der Waals surface area contributed by atoms with Crippen LogP contribution in [-0.2, 0) is 0 Å². The molecule has 1 aromatic heterocycles. The number of anilines is 2. The molecule has 0 atom stereocenters. The highest BCUT2D eigenvalue weighted by Crippen LogP contribution is 2.27. The first-order valence-corrected chi connectivity index (χ1v) is 6.51. The van der Waals surface area contributed by atoms with Crippen molar-refractivity contribution in [3.8, 4) is 5.75 Å². The zero-order valence-electron chi connectivity index (χ0n) is 11.6. The number of hydrazine groups is 1. The summed E-state index contributed by atoms with van der Waals surface area (Å²) in [5, 5.41) is 3.18. The topological polar surface area (TPSA) is 89.3 Å². The van der Waals surface area contributed by atoms with Crippen LogP contribution in [0.2, 0.25) is 5.02 Å². The van der Waals surface area contributed by atoms with Crippen LogP contribution >= 0.6 is 11.6 Å². The molecule has 0 aliphatic heterocycles. The van der Waals surface area contributed by atoms with Crippen molar-refractivity contribution in [1.82, 2.24) is 4.98 Å². The Bertz CT molecular complexity index is 676. The van der Waals surface area contributed by atoms with E-state index in [0.29, 0.717) is 33.5 Å². The number of methoxy groups -OCH3 is 1. The van der Waals surface area contributed by atoms with Crippen molar-refractivity contribution in [2.45, 2.75) is 6.92 Å². The van der Waals surface area contributed by atoms with Crippen molar-refractivity contribution < 1.29 is 9.53 Å². The van der Waals surface area contributed by atoms with Gasteiger partial charge in [-0.15, -0.1) is 0 Å². The highest BCUT2D eigenvalue weighted by Gasteiger charge is 2.10. The predicted molar refractivity (Wildman–Crippen MR) is 82.7 cm³/mol. The van der Waals surface area contributed by atoms with E-state index >= 15 is 0 Å². The lowest BCUT2D eigenvalue weighted by Crippen LogP contribution is -2.15. The number of hydrogen-bond acceptors (Lipinski definition) is 5. The number of carbonyl (C=O) groups excluding carboxylic acids is 1. The van der Waals surface area contributed by atoms with Gasteiger partial charge in [0.15, 0.2) is 0 Å². The Morgan fingerprint density at radius 1 is 1.33 bits per heavy atom. The molecule has 0 fully saturated rings. The van der Waals surface area contributed by atoms with Gasteiger partial charge >= 0.3 is 0 Å². The van der Waals surface area contributed by atoms with Crippen molar-refractivity contribution in [3.63, 3.8) is 0 Å². The number of ether oxygens (including phenoxy) is 1. The summed E-state index contributed by atoms with van der Waals surface area (Å²) < 4.78 is 5.06. The molecule has 6 nitrogen and oxygen atoms in total. The number of amides is 1.